The predicted octanol–water partition coefficient (Wildman–Crippen LogP) is 3.82. The van der Waals surface area contributed by atoms with Crippen molar-refractivity contribution < 1.29 is 4.42 Å². The van der Waals surface area contributed by atoms with Gasteiger partial charge in [-0.2, -0.15) is 0 Å². The van der Waals surface area contributed by atoms with Crippen molar-refractivity contribution in [3.63, 3.8) is 0 Å². The zero-order valence-corrected chi connectivity index (χ0v) is 9.46. The second-order valence-corrected chi connectivity index (χ2v) is 4.05. The van der Waals surface area contributed by atoms with Crippen LogP contribution in [0.3, 0.4) is 0 Å². The Bertz CT molecular complexity index is 500. The molecule has 1 heterocycles. The monoisotopic (exact) mass is 257 g/mol. The smallest absolute Gasteiger partial charge is 0.266 e. The van der Waals surface area contributed by atoms with E-state index < -0.39 is 0 Å². The molecule has 0 amide bonds. The van der Waals surface area contributed by atoms with Crippen LogP contribution in [0.5, 0.6) is 0 Å². The van der Waals surface area contributed by atoms with Crippen molar-refractivity contribution >= 4 is 39.2 Å². The summed E-state index contributed by atoms with van der Waals surface area (Å²) in [6.07, 6.45) is 1.00. The Kier molecular flexibility index (Phi) is 2.26. The van der Waals surface area contributed by atoms with E-state index in [4.69, 9.17) is 16.6 Å². The standard InChI is InChI=1S/C9H8BrNOS/c1-2-5-3-6(10)8-7(4-5)11-9(13)12-8/h3-4H,2H2,1H3,(H,11,13). The summed E-state index contributed by atoms with van der Waals surface area (Å²) >= 11 is 8.35. The maximum absolute atomic E-state index is 5.31. The fourth-order valence-corrected chi connectivity index (χ4v) is 2.06. The molecular formula is C9H8BrNOS. The molecule has 0 fully saturated rings. The van der Waals surface area contributed by atoms with Gasteiger partial charge in [-0.15, -0.1) is 0 Å². The summed E-state index contributed by atoms with van der Waals surface area (Å²) in [5.41, 5.74) is 3.00. The Balaban J connectivity index is 2.83. The van der Waals surface area contributed by atoms with Gasteiger partial charge in [-0.3, -0.25) is 0 Å². The largest absolute Gasteiger partial charge is 0.428 e. The molecule has 4 heteroatoms. The molecule has 0 aliphatic heterocycles. The average molecular weight is 258 g/mol. The molecule has 1 N–H and O–H groups in total. The molecule has 0 bridgehead atoms. The third-order valence-corrected chi connectivity index (χ3v) is 2.72. The first kappa shape index (κ1) is 8.97. The molecule has 0 aliphatic rings. The number of oxazole rings is 1. The van der Waals surface area contributed by atoms with Crippen molar-refractivity contribution in [2.45, 2.75) is 13.3 Å². The number of hydrogen-bond acceptors (Lipinski definition) is 2. The Morgan fingerprint density at radius 1 is 1.54 bits per heavy atom. The molecule has 0 saturated carbocycles. The minimum atomic E-state index is 0.420. The van der Waals surface area contributed by atoms with E-state index in [1.807, 2.05) is 0 Å². The third kappa shape index (κ3) is 1.56. The molecule has 1 aromatic heterocycles. The fourth-order valence-electron chi connectivity index (χ4n) is 1.28. The van der Waals surface area contributed by atoms with Crippen LogP contribution in [0.4, 0.5) is 0 Å². The normalized spacial score (nSPS) is 10.9. The maximum atomic E-state index is 5.31. The summed E-state index contributed by atoms with van der Waals surface area (Å²) in [7, 11) is 0. The third-order valence-electron chi connectivity index (χ3n) is 1.94. The number of benzene rings is 1. The van der Waals surface area contributed by atoms with Crippen molar-refractivity contribution in [1.29, 1.82) is 0 Å². The van der Waals surface area contributed by atoms with Gasteiger partial charge in [0.2, 0.25) is 0 Å². The summed E-state index contributed by atoms with van der Waals surface area (Å²) < 4.78 is 6.26. The topological polar surface area (TPSA) is 28.9 Å². The van der Waals surface area contributed by atoms with Gasteiger partial charge in [0, 0.05) is 0 Å². The first-order chi connectivity index (χ1) is 6.20. The van der Waals surface area contributed by atoms with E-state index in [0.29, 0.717) is 4.84 Å². The molecular weight excluding hydrogens is 250 g/mol. The van der Waals surface area contributed by atoms with Gasteiger partial charge in [-0.1, -0.05) is 6.92 Å². The van der Waals surface area contributed by atoms with E-state index >= 15 is 0 Å². The second kappa shape index (κ2) is 3.27. The minimum absolute atomic E-state index is 0.420. The van der Waals surface area contributed by atoms with E-state index in [1.54, 1.807) is 0 Å². The van der Waals surface area contributed by atoms with Crippen LogP contribution in [0.1, 0.15) is 12.5 Å². The van der Waals surface area contributed by atoms with Gasteiger partial charge in [0.05, 0.1) is 9.99 Å². The SMILES string of the molecule is CCc1cc(Br)c2oc(=S)[nH]c2c1. The zero-order valence-electron chi connectivity index (χ0n) is 7.06. The number of aromatic nitrogens is 1. The van der Waals surface area contributed by atoms with Crippen LogP contribution in [-0.4, -0.2) is 4.98 Å². The number of halogens is 1. The van der Waals surface area contributed by atoms with Crippen LogP contribution >= 0.6 is 28.1 Å². The lowest BCUT2D eigenvalue weighted by molar-refractivity contribution is 0.581. The van der Waals surface area contributed by atoms with E-state index in [-0.39, 0.29) is 0 Å². The average Bonchev–Trinajstić information content (AvgIpc) is 2.46. The van der Waals surface area contributed by atoms with Crippen LogP contribution < -0.4 is 0 Å². The number of hydrogen-bond donors (Lipinski definition) is 1. The second-order valence-electron chi connectivity index (χ2n) is 2.82. The quantitative estimate of drug-likeness (QED) is 0.788. The van der Waals surface area contributed by atoms with Gasteiger partial charge in [-0.05, 0) is 52.3 Å². The lowest BCUT2D eigenvalue weighted by Crippen LogP contribution is -1.80. The summed E-state index contributed by atoms with van der Waals surface area (Å²) in [6.45, 7) is 2.11. The predicted molar refractivity (Wildman–Crippen MR) is 58.5 cm³/mol. The summed E-state index contributed by atoms with van der Waals surface area (Å²) in [5, 5.41) is 0. The Labute approximate surface area is 89.1 Å². The number of rotatable bonds is 1. The Morgan fingerprint density at radius 3 is 3.00 bits per heavy atom. The van der Waals surface area contributed by atoms with Crippen LogP contribution in [0, 0.1) is 4.84 Å². The lowest BCUT2D eigenvalue weighted by Gasteiger charge is -1.97. The van der Waals surface area contributed by atoms with Gasteiger partial charge in [-0.25, -0.2) is 0 Å². The minimum Gasteiger partial charge on any atom is -0.428 e. The van der Waals surface area contributed by atoms with Gasteiger partial charge < -0.3 is 9.40 Å². The molecule has 68 valence electrons. The van der Waals surface area contributed by atoms with Crippen LogP contribution in [0.15, 0.2) is 21.0 Å². The van der Waals surface area contributed by atoms with Crippen molar-refractivity contribution in [3.05, 3.63) is 27.0 Å². The number of nitrogens with one attached hydrogen (secondary N) is 1. The molecule has 13 heavy (non-hydrogen) atoms. The van der Waals surface area contributed by atoms with Gasteiger partial charge in [0.1, 0.15) is 0 Å². The number of aromatic amines is 1. The molecule has 0 radical (unpaired) electrons. The van der Waals surface area contributed by atoms with Crippen LogP contribution in [-0.2, 0) is 6.42 Å². The maximum Gasteiger partial charge on any atom is 0.266 e. The van der Waals surface area contributed by atoms with E-state index in [2.05, 4.69) is 40.0 Å². The zero-order chi connectivity index (χ0) is 9.42. The highest BCUT2D eigenvalue weighted by Gasteiger charge is 2.04. The van der Waals surface area contributed by atoms with E-state index in [9.17, 15) is 0 Å². The van der Waals surface area contributed by atoms with Gasteiger partial charge in [0.15, 0.2) is 5.58 Å². The highest BCUT2D eigenvalue weighted by atomic mass is 79.9. The summed E-state index contributed by atoms with van der Waals surface area (Å²) in [4.78, 5) is 3.41. The van der Waals surface area contributed by atoms with Gasteiger partial charge in [0.25, 0.3) is 4.84 Å². The van der Waals surface area contributed by atoms with E-state index in [0.717, 1.165) is 22.0 Å². The molecule has 2 nitrogen and oxygen atoms in total. The van der Waals surface area contributed by atoms with Crippen LogP contribution in [0.2, 0.25) is 0 Å². The molecule has 2 rings (SSSR count). The van der Waals surface area contributed by atoms with Crippen molar-refractivity contribution in [2.75, 3.05) is 0 Å². The molecule has 0 saturated heterocycles. The van der Waals surface area contributed by atoms with Crippen molar-refractivity contribution in [3.8, 4) is 0 Å². The van der Waals surface area contributed by atoms with Crippen molar-refractivity contribution in [1.82, 2.24) is 4.98 Å². The first-order valence-corrected chi connectivity index (χ1v) is 5.22. The number of fused-ring (bicyclic) bond motifs is 1. The van der Waals surface area contributed by atoms with Gasteiger partial charge >= 0.3 is 0 Å². The van der Waals surface area contributed by atoms with Crippen LogP contribution in [0.25, 0.3) is 11.1 Å². The first-order valence-electron chi connectivity index (χ1n) is 4.02. The molecule has 0 aliphatic carbocycles. The molecule has 0 spiro atoms. The highest BCUT2D eigenvalue weighted by Crippen LogP contribution is 2.25. The Morgan fingerprint density at radius 2 is 2.31 bits per heavy atom. The highest BCUT2D eigenvalue weighted by molar-refractivity contribution is 9.10. The molecule has 1 aromatic carbocycles. The Hall–Kier alpha value is -0.610. The lowest BCUT2D eigenvalue weighted by atomic mass is 10.1. The molecule has 0 unspecified atom stereocenters. The van der Waals surface area contributed by atoms with Crippen molar-refractivity contribution in [2.24, 2.45) is 0 Å². The molecule has 0 atom stereocenters. The van der Waals surface area contributed by atoms with E-state index in [1.165, 1.54) is 5.56 Å². The summed E-state index contributed by atoms with van der Waals surface area (Å²) in [5.74, 6) is 0. The fraction of sp³-hybridized carbons (Fsp3) is 0.222. The summed E-state index contributed by atoms with van der Waals surface area (Å²) in [6, 6.07) is 4.11. The number of H-pyrrole nitrogens is 1. The number of aryl methyl sites for hydroxylation is 1. The molecule has 2 aromatic rings.